The molecule has 0 spiro atoms. The van der Waals surface area contributed by atoms with Crippen molar-refractivity contribution >= 4 is 28.2 Å². The number of anilines is 2. The summed E-state index contributed by atoms with van der Waals surface area (Å²) in [5, 5.41) is 3.87. The highest BCUT2D eigenvalue weighted by atomic mass is 16.1. The SMILES string of the molecule is Nc1ccc(CC(=O)Nc2cnc3ccccc3c2)cc1. The van der Waals surface area contributed by atoms with E-state index in [2.05, 4.69) is 10.3 Å². The molecule has 3 rings (SSSR count). The normalized spacial score (nSPS) is 10.5. The summed E-state index contributed by atoms with van der Waals surface area (Å²) in [5.41, 5.74) is 8.86. The van der Waals surface area contributed by atoms with E-state index in [9.17, 15) is 4.79 Å². The lowest BCUT2D eigenvalue weighted by Crippen LogP contribution is -2.14. The predicted molar refractivity (Wildman–Crippen MR) is 84.9 cm³/mol. The van der Waals surface area contributed by atoms with Crippen LogP contribution in [0.15, 0.2) is 60.8 Å². The molecule has 3 aromatic rings. The lowest BCUT2D eigenvalue weighted by Gasteiger charge is -2.06. The molecule has 0 aliphatic carbocycles. The number of nitrogens with two attached hydrogens (primary N) is 1. The van der Waals surface area contributed by atoms with Crippen LogP contribution in [0.3, 0.4) is 0 Å². The van der Waals surface area contributed by atoms with Crippen LogP contribution >= 0.6 is 0 Å². The summed E-state index contributed by atoms with van der Waals surface area (Å²) in [5.74, 6) is -0.0724. The highest BCUT2D eigenvalue weighted by Gasteiger charge is 2.05. The smallest absolute Gasteiger partial charge is 0.228 e. The number of nitrogen functional groups attached to an aromatic ring is 1. The third-order valence-electron chi connectivity index (χ3n) is 3.22. The van der Waals surface area contributed by atoms with Crippen molar-refractivity contribution in [1.82, 2.24) is 4.98 Å². The summed E-state index contributed by atoms with van der Waals surface area (Å²) in [7, 11) is 0. The van der Waals surface area contributed by atoms with Crippen LogP contribution < -0.4 is 11.1 Å². The van der Waals surface area contributed by atoms with Crippen molar-refractivity contribution < 1.29 is 4.79 Å². The fourth-order valence-electron chi connectivity index (χ4n) is 2.17. The number of nitrogens with one attached hydrogen (secondary N) is 1. The topological polar surface area (TPSA) is 68.0 Å². The Labute approximate surface area is 122 Å². The van der Waals surface area contributed by atoms with Crippen LogP contribution in [0.25, 0.3) is 10.9 Å². The standard InChI is InChI=1S/C17H15N3O/c18-14-7-5-12(6-8-14)9-17(21)20-15-10-13-3-1-2-4-16(13)19-11-15/h1-8,10-11H,9,18H2,(H,20,21). The molecule has 4 heteroatoms. The molecule has 0 radical (unpaired) electrons. The van der Waals surface area contributed by atoms with E-state index in [4.69, 9.17) is 5.73 Å². The Hall–Kier alpha value is -2.88. The van der Waals surface area contributed by atoms with Gasteiger partial charge in [0, 0.05) is 11.1 Å². The molecule has 0 atom stereocenters. The van der Waals surface area contributed by atoms with Gasteiger partial charge in [-0.1, -0.05) is 30.3 Å². The summed E-state index contributed by atoms with van der Waals surface area (Å²) in [6.07, 6.45) is 1.98. The van der Waals surface area contributed by atoms with E-state index in [1.165, 1.54) is 0 Å². The van der Waals surface area contributed by atoms with Gasteiger partial charge in [-0.2, -0.15) is 0 Å². The molecule has 0 saturated heterocycles. The highest BCUT2D eigenvalue weighted by molar-refractivity contribution is 5.94. The molecule has 0 aliphatic rings. The van der Waals surface area contributed by atoms with Gasteiger partial charge in [-0.3, -0.25) is 9.78 Å². The predicted octanol–water partition coefficient (Wildman–Crippen LogP) is 3.00. The van der Waals surface area contributed by atoms with Crippen LogP contribution in [-0.4, -0.2) is 10.9 Å². The van der Waals surface area contributed by atoms with Crippen molar-refractivity contribution in [2.24, 2.45) is 0 Å². The Kier molecular flexibility index (Phi) is 3.51. The van der Waals surface area contributed by atoms with E-state index in [-0.39, 0.29) is 5.91 Å². The van der Waals surface area contributed by atoms with Crippen molar-refractivity contribution in [1.29, 1.82) is 0 Å². The molecule has 0 fully saturated rings. The maximum Gasteiger partial charge on any atom is 0.228 e. The Morgan fingerprint density at radius 3 is 2.67 bits per heavy atom. The highest BCUT2D eigenvalue weighted by Crippen LogP contribution is 2.16. The van der Waals surface area contributed by atoms with E-state index < -0.39 is 0 Å². The van der Waals surface area contributed by atoms with Crippen LogP contribution in [0.4, 0.5) is 11.4 Å². The second-order valence-electron chi connectivity index (χ2n) is 4.88. The van der Waals surface area contributed by atoms with Gasteiger partial charge in [0.05, 0.1) is 23.8 Å². The summed E-state index contributed by atoms with van der Waals surface area (Å²) < 4.78 is 0. The molecule has 1 heterocycles. The second-order valence-corrected chi connectivity index (χ2v) is 4.88. The second kappa shape index (κ2) is 5.63. The molecule has 21 heavy (non-hydrogen) atoms. The monoisotopic (exact) mass is 277 g/mol. The molecule has 0 aliphatic heterocycles. The first-order chi connectivity index (χ1) is 10.2. The number of fused-ring (bicyclic) bond motifs is 1. The molecule has 4 nitrogen and oxygen atoms in total. The van der Waals surface area contributed by atoms with Gasteiger partial charge in [0.15, 0.2) is 0 Å². The molecular formula is C17H15N3O. The van der Waals surface area contributed by atoms with Crippen molar-refractivity contribution in [3.8, 4) is 0 Å². The number of hydrogen-bond acceptors (Lipinski definition) is 3. The average Bonchev–Trinajstić information content (AvgIpc) is 2.49. The Morgan fingerprint density at radius 1 is 1.10 bits per heavy atom. The number of para-hydroxylation sites is 1. The van der Waals surface area contributed by atoms with Crippen LogP contribution in [0.1, 0.15) is 5.56 Å². The number of amides is 1. The zero-order valence-corrected chi connectivity index (χ0v) is 11.4. The number of hydrogen-bond donors (Lipinski definition) is 2. The Bertz CT molecular complexity index is 781. The molecule has 1 amide bonds. The van der Waals surface area contributed by atoms with Crippen LogP contribution in [0.2, 0.25) is 0 Å². The zero-order valence-electron chi connectivity index (χ0n) is 11.4. The Balaban J connectivity index is 1.72. The minimum Gasteiger partial charge on any atom is -0.399 e. The first-order valence-electron chi connectivity index (χ1n) is 6.70. The summed E-state index contributed by atoms with van der Waals surface area (Å²) >= 11 is 0. The van der Waals surface area contributed by atoms with Gasteiger partial charge in [0.25, 0.3) is 0 Å². The number of nitrogens with zero attached hydrogens (tertiary/aromatic N) is 1. The minimum atomic E-state index is -0.0724. The van der Waals surface area contributed by atoms with E-state index in [0.29, 0.717) is 17.8 Å². The fraction of sp³-hybridized carbons (Fsp3) is 0.0588. The molecule has 0 saturated carbocycles. The van der Waals surface area contributed by atoms with Crippen LogP contribution in [0.5, 0.6) is 0 Å². The molecular weight excluding hydrogens is 262 g/mol. The number of pyridine rings is 1. The third-order valence-corrected chi connectivity index (χ3v) is 3.22. The summed E-state index contributed by atoms with van der Waals surface area (Å²) in [4.78, 5) is 16.4. The number of carbonyl (C=O) groups is 1. The number of benzene rings is 2. The lowest BCUT2D eigenvalue weighted by molar-refractivity contribution is -0.115. The minimum absolute atomic E-state index is 0.0724. The van der Waals surface area contributed by atoms with Gasteiger partial charge in [0.2, 0.25) is 5.91 Å². The van der Waals surface area contributed by atoms with Crippen molar-refractivity contribution in [3.05, 3.63) is 66.4 Å². The van der Waals surface area contributed by atoms with Crippen molar-refractivity contribution in [3.63, 3.8) is 0 Å². The van der Waals surface area contributed by atoms with Gasteiger partial charge in [0.1, 0.15) is 0 Å². The average molecular weight is 277 g/mol. The zero-order chi connectivity index (χ0) is 14.7. The maximum absolute atomic E-state index is 12.0. The number of carbonyl (C=O) groups excluding carboxylic acids is 1. The Morgan fingerprint density at radius 2 is 1.86 bits per heavy atom. The first kappa shape index (κ1) is 13.1. The van der Waals surface area contributed by atoms with Crippen molar-refractivity contribution in [2.45, 2.75) is 6.42 Å². The van der Waals surface area contributed by atoms with Crippen molar-refractivity contribution in [2.75, 3.05) is 11.1 Å². The van der Waals surface area contributed by atoms with Gasteiger partial charge in [-0.25, -0.2) is 0 Å². The van der Waals surface area contributed by atoms with Crippen LogP contribution in [-0.2, 0) is 11.2 Å². The number of rotatable bonds is 3. The largest absolute Gasteiger partial charge is 0.399 e. The summed E-state index contributed by atoms with van der Waals surface area (Å²) in [6, 6.07) is 17.0. The molecule has 2 aromatic carbocycles. The van der Waals surface area contributed by atoms with Gasteiger partial charge in [-0.05, 0) is 29.8 Å². The molecule has 104 valence electrons. The molecule has 0 unspecified atom stereocenters. The molecule has 3 N–H and O–H groups in total. The third kappa shape index (κ3) is 3.17. The first-order valence-corrected chi connectivity index (χ1v) is 6.70. The van der Waals surface area contributed by atoms with E-state index in [1.54, 1.807) is 18.3 Å². The molecule has 1 aromatic heterocycles. The van der Waals surface area contributed by atoms with E-state index >= 15 is 0 Å². The fourth-order valence-corrected chi connectivity index (χ4v) is 2.17. The maximum atomic E-state index is 12.0. The molecule has 0 bridgehead atoms. The van der Waals surface area contributed by atoms with Gasteiger partial charge in [-0.15, -0.1) is 0 Å². The van der Waals surface area contributed by atoms with Gasteiger partial charge < -0.3 is 11.1 Å². The quantitative estimate of drug-likeness (QED) is 0.723. The van der Waals surface area contributed by atoms with E-state index in [1.807, 2.05) is 42.5 Å². The van der Waals surface area contributed by atoms with E-state index in [0.717, 1.165) is 16.5 Å². The summed E-state index contributed by atoms with van der Waals surface area (Å²) in [6.45, 7) is 0. The van der Waals surface area contributed by atoms with Crippen LogP contribution in [0, 0.1) is 0 Å². The number of aromatic nitrogens is 1. The van der Waals surface area contributed by atoms with Gasteiger partial charge >= 0.3 is 0 Å². The lowest BCUT2D eigenvalue weighted by atomic mass is 10.1.